The third kappa shape index (κ3) is 3.63. The number of ether oxygens (including phenoxy) is 1. The van der Waals surface area contributed by atoms with E-state index >= 15 is 0 Å². The van der Waals surface area contributed by atoms with E-state index in [9.17, 15) is 18.0 Å². The van der Waals surface area contributed by atoms with Crippen molar-refractivity contribution in [3.8, 4) is 0 Å². The molecule has 1 aromatic carbocycles. The summed E-state index contributed by atoms with van der Waals surface area (Å²) in [7, 11) is 0. The molecule has 4 rings (SSSR count). The number of benzene rings is 1. The van der Waals surface area contributed by atoms with E-state index < -0.39 is 24.2 Å². The first-order valence-electron chi connectivity index (χ1n) is 8.35. The molecule has 0 aromatic heterocycles. The smallest absolute Gasteiger partial charge is 0.379 e. The first kappa shape index (κ1) is 18.5. The third-order valence-corrected chi connectivity index (χ3v) is 4.87. The van der Waals surface area contributed by atoms with Gasteiger partial charge in [0.1, 0.15) is 12.5 Å². The zero-order chi connectivity index (χ0) is 19.2. The number of nitrogens with zero attached hydrogens (tertiary/aromatic N) is 2. The summed E-state index contributed by atoms with van der Waals surface area (Å²) >= 11 is 5.73. The normalized spacial score (nSPS) is 26.6. The molecule has 0 radical (unpaired) electrons. The molecule has 7 nitrogen and oxygen atoms in total. The number of carbonyl (C=O) groups is 1. The average molecular weight is 404 g/mol. The molecule has 1 aromatic rings. The zero-order valence-corrected chi connectivity index (χ0v) is 14.8. The second kappa shape index (κ2) is 6.95. The van der Waals surface area contributed by atoms with Gasteiger partial charge in [0.15, 0.2) is 0 Å². The molecule has 0 aliphatic carbocycles. The topological polar surface area (TPSA) is 68.9 Å². The van der Waals surface area contributed by atoms with Crippen LogP contribution >= 0.6 is 11.6 Å². The van der Waals surface area contributed by atoms with Crippen molar-refractivity contribution in [3.63, 3.8) is 0 Å². The van der Waals surface area contributed by atoms with Gasteiger partial charge in [0.05, 0.1) is 30.0 Å². The number of anilines is 1. The number of halogens is 4. The number of amides is 1. The quantitative estimate of drug-likeness (QED) is 0.690. The van der Waals surface area contributed by atoms with Crippen LogP contribution in [-0.4, -0.2) is 49.6 Å². The van der Waals surface area contributed by atoms with Gasteiger partial charge in [-0.2, -0.15) is 13.2 Å². The second-order valence-corrected chi connectivity index (χ2v) is 6.80. The van der Waals surface area contributed by atoms with Crippen molar-refractivity contribution in [2.24, 2.45) is 0 Å². The predicted octanol–water partition coefficient (Wildman–Crippen LogP) is 1.23. The fraction of sp³-hybridized carbons (Fsp3) is 0.438. The Bertz CT molecular complexity index is 782. The number of nitrogens with one attached hydrogen (secondary N) is 3. The van der Waals surface area contributed by atoms with Crippen molar-refractivity contribution in [1.29, 1.82) is 0 Å². The number of carbonyl (C=O) groups excluding carboxylic acids is 1. The summed E-state index contributed by atoms with van der Waals surface area (Å²) in [6.07, 6.45) is -4.26. The lowest BCUT2D eigenvalue weighted by Crippen LogP contribution is -2.68. The summed E-state index contributed by atoms with van der Waals surface area (Å²) in [5, 5.41) is 7.21. The molecule has 146 valence electrons. The molecule has 0 spiro atoms. The van der Waals surface area contributed by atoms with Gasteiger partial charge in [-0.15, -0.1) is 0 Å². The molecule has 0 bridgehead atoms. The standard InChI is InChI=1S/C16H17ClF3N5O2/c17-9-1-2-12(11(7-9)16(18,19)20)25-8-10-13(23-25)21-15(22-14(10)26)24-3-5-27-6-4-24/h1-2,7-8,13,15,21,23H,3-6H2,(H,22,26). The summed E-state index contributed by atoms with van der Waals surface area (Å²) in [6.45, 7) is 2.40. The minimum atomic E-state index is -4.58. The maximum atomic E-state index is 13.4. The lowest BCUT2D eigenvalue weighted by atomic mass is 10.1. The Hall–Kier alpha value is -1.85. The van der Waals surface area contributed by atoms with Crippen molar-refractivity contribution in [2.75, 3.05) is 31.3 Å². The highest BCUT2D eigenvalue weighted by atomic mass is 35.5. The van der Waals surface area contributed by atoms with Gasteiger partial charge < -0.3 is 10.1 Å². The average Bonchev–Trinajstić information content (AvgIpc) is 3.06. The number of hydrazine groups is 1. The van der Waals surface area contributed by atoms with Crippen molar-refractivity contribution in [3.05, 3.63) is 40.6 Å². The van der Waals surface area contributed by atoms with E-state index in [-0.39, 0.29) is 16.6 Å². The van der Waals surface area contributed by atoms with Crippen LogP contribution in [0.4, 0.5) is 18.9 Å². The molecule has 2 unspecified atom stereocenters. The van der Waals surface area contributed by atoms with Crippen molar-refractivity contribution in [1.82, 2.24) is 21.0 Å². The van der Waals surface area contributed by atoms with Gasteiger partial charge in [-0.25, -0.2) is 5.43 Å². The summed E-state index contributed by atoms with van der Waals surface area (Å²) < 4.78 is 45.5. The minimum absolute atomic E-state index is 0.0152. The third-order valence-electron chi connectivity index (χ3n) is 4.64. The summed E-state index contributed by atoms with van der Waals surface area (Å²) in [5.74, 6) is -0.340. The Labute approximate surface area is 158 Å². The number of fused-ring (bicyclic) bond motifs is 1. The molecule has 2 fully saturated rings. The Balaban J connectivity index is 1.57. The van der Waals surface area contributed by atoms with Crippen molar-refractivity contribution in [2.45, 2.75) is 18.6 Å². The van der Waals surface area contributed by atoms with Crippen LogP contribution in [0.5, 0.6) is 0 Å². The van der Waals surface area contributed by atoms with Crippen LogP contribution in [0.2, 0.25) is 5.02 Å². The van der Waals surface area contributed by atoms with Crippen molar-refractivity contribution >= 4 is 23.2 Å². The van der Waals surface area contributed by atoms with Crippen LogP contribution < -0.4 is 21.1 Å². The van der Waals surface area contributed by atoms with Crippen LogP contribution in [0.1, 0.15) is 5.56 Å². The maximum Gasteiger partial charge on any atom is 0.418 e. The number of hydrogen-bond donors (Lipinski definition) is 3. The monoisotopic (exact) mass is 403 g/mol. The second-order valence-electron chi connectivity index (χ2n) is 6.37. The maximum absolute atomic E-state index is 13.4. The fourth-order valence-corrected chi connectivity index (χ4v) is 3.47. The predicted molar refractivity (Wildman–Crippen MR) is 91.4 cm³/mol. The number of hydrogen-bond acceptors (Lipinski definition) is 6. The highest BCUT2D eigenvalue weighted by molar-refractivity contribution is 6.30. The Morgan fingerprint density at radius 1 is 1.22 bits per heavy atom. The summed E-state index contributed by atoms with van der Waals surface area (Å²) in [6, 6.07) is 3.51. The van der Waals surface area contributed by atoms with Crippen LogP contribution in [0.25, 0.3) is 0 Å². The molecule has 3 aliphatic rings. The molecular formula is C16H17ClF3N5O2. The minimum Gasteiger partial charge on any atom is -0.379 e. The molecule has 3 N–H and O–H groups in total. The Morgan fingerprint density at radius 3 is 2.67 bits per heavy atom. The van der Waals surface area contributed by atoms with Gasteiger partial charge in [0, 0.05) is 24.3 Å². The van der Waals surface area contributed by atoms with E-state index in [1.54, 1.807) is 0 Å². The molecular weight excluding hydrogens is 387 g/mol. The van der Waals surface area contributed by atoms with E-state index in [0.29, 0.717) is 31.9 Å². The van der Waals surface area contributed by atoms with Crippen LogP contribution in [0, 0.1) is 0 Å². The zero-order valence-electron chi connectivity index (χ0n) is 14.0. The van der Waals surface area contributed by atoms with E-state index in [0.717, 1.165) is 6.07 Å². The summed E-state index contributed by atoms with van der Waals surface area (Å²) in [5.41, 5.74) is 2.20. The molecule has 3 heterocycles. The lowest BCUT2D eigenvalue weighted by molar-refractivity contribution is -0.137. The summed E-state index contributed by atoms with van der Waals surface area (Å²) in [4.78, 5) is 14.5. The molecule has 3 aliphatic heterocycles. The van der Waals surface area contributed by atoms with E-state index in [1.165, 1.54) is 23.3 Å². The van der Waals surface area contributed by atoms with Gasteiger partial charge in [-0.1, -0.05) is 11.6 Å². The molecule has 2 atom stereocenters. The van der Waals surface area contributed by atoms with Gasteiger partial charge in [0.2, 0.25) is 0 Å². The lowest BCUT2D eigenvalue weighted by Gasteiger charge is -2.40. The highest BCUT2D eigenvalue weighted by Gasteiger charge is 2.41. The first-order valence-corrected chi connectivity index (χ1v) is 8.73. The van der Waals surface area contributed by atoms with E-state index in [1.807, 2.05) is 4.90 Å². The molecule has 11 heteroatoms. The van der Waals surface area contributed by atoms with E-state index in [4.69, 9.17) is 16.3 Å². The Morgan fingerprint density at radius 2 is 1.96 bits per heavy atom. The van der Waals surface area contributed by atoms with Gasteiger partial charge in [0.25, 0.3) is 5.91 Å². The molecule has 2 saturated heterocycles. The molecule has 0 saturated carbocycles. The van der Waals surface area contributed by atoms with Crippen molar-refractivity contribution < 1.29 is 22.7 Å². The fourth-order valence-electron chi connectivity index (χ4n) is 3.30. The SMILES string of the molecule is O=C1NC(N2CCOCC2)NC2NN(c3ccc(Cl)cc3C(F)(F)F)C=C12. The highest BCUT2D eigenvalue weighted by Crippen LogP contribution is 2.39. The molecule has 1 amide bonds. The molecule has 27 heavy (non-hydrogen) atoms. The van der Waals surface area contributed by atoms with Gasteiger partial charge in [-0.05, 0) is 18.2 Å². The van der Waals surface area contributed by atoms with Gasteiger partial charge >= 0.3 is 6.18 Å². The largest absolute Gasteiger partial charge is 0.418 e. The number of morpholine rings is 1. The number of alkyl halides is 3. The Kier molecular flexibility index (Phi) is 4.77. The van der Waals surface area contributed by atoms with Gasteiger partial charge in [-0.3, -0.25) is 20.0 Å². The van der Waals surface area contributed by atoms with Crippen LogP contribution in [-0.2, 0) is 15.7 Å². The van der Waals surface area contributed by atoms with E-state index in [2.05, 4.69) is 16.1 Å². The van der Waals surface area contributed by atoms with Crippen LogP contribution in [0.15, 0.2) is 30.0 Å². The number of rotatable bonds is 2. The van der Waals surface area contributed by atoms with Crippen LogP contribution in [0.3, 0.4) is 0 Å². The first-order chi connectivity index (χ1) is 12.8.